The first kappa shape index (κ1) is 53.7. The van der Waals surface area contributed by atoms with Crippen LogP contribution >= 0.6 is 0 Å². The second kappa shape index (κ2) is 19.2. The van der Waals surface area contributed by atoms with Gasteiger partial charge in [0.2, 0.25) is 0 Å². The number of anilines is 6. The number of halogens is 3. The Kier molecular flexibility index (Phi) is 18.4. The van der Waals surface area contributed by atoms with Gasteiger partial charge in [-0.1, -0.05) is 25.8 Å². The van der Waals surface area contributed by atoms with E-state index in [0.29, 0.717) is 0 Å². The van der Waals surface area contributed by atoms with Crippen LogP contribution in [0.4, 0.5) is 34.1 Å². The van der Waals surface area contributed by atoms with E-state index in [0.717, 1.165) is 0 Å². The molecule has 56 heavy (non-hydrogen) atoms. The number of nitrogens with zero attached hydrogens (tertiary/aromatic N) is 6. The average molecular weight is 876 g/mol. The minimum Gasteiger partial charge on any atom is -1.00 e. The van der Waals surface area contributed by atoms with Crippen molar-refractivity contribution in [2.45, 2.75) is 74.3 Å². The van der Waals surface area contributed by atoms with Crippen LogP contribution in [0.15, 0.2) is 34.9 Å². The molecule has 3 aromatic carbocycles. The summed E-state index contributed by atoms with van der Waals surface area (Å²) in [7, 11) is 23.0. The quantitative estimate of drug-likeness (QED) is 0.136. The molecule has 1 atom stereocenters. The second-order valence-corrected chi connectivity index (χ2v) is 20.9. The molecule has 0 heterocycles. The summed E-state index contributed by atoms with van der Waals surface area (Å²) in [6.07, 6.45) is 4.32. The van der Waals surface area contributed by atoms with Crippen molar-refractivity contribution >= 4 is 57.8 Å². The molecule has 0 aliphatic heterocycles. The third kappa shape index (κ3) is 8.16. The van der Waals surface area contributed by atoms with E-state index in [9.17, 15) is 0 Å². The number of hydrogen-bond acceptors (Lipinski definition) is 6. The molecule has 6 nitrogen and oxygen atoms in total. The van der Waals surface area contributed by atoms with Crippen molar-refractivity contribution in [1.29, 1.82) is 0 Å². The van der Waals surface area contributed by atoms with Crippen LogP contribution in [0.2, 0.25) is 5.04 Å². The summed E-state index contributed by atoms with van der Waals surface area (Å²) in [6.45, 7) is 23.9. The van der Waals surface area contributed by atoms with Crippen molar-refractivity contribution in [2.24, 2.45) is 0 Å². The molecule has 308 valence electrons. The molecule has 0 fully saturated rings. The fourth-order valence-electron chi connectivity index (χ4n) is 10.0. The summed E-state index contributed by atoms with van der Waals surface area (Å²) < 4.78 is 0. The van der Waals surface area contributed by atoms with Crippen LogP contribution in [0.1, 0.15) is 61.1 Å². The first-order valence-corrected chi connectivity index (χ1v) is 20.7. The minimum absolute atomic E-state index is 0. The number of benzene rings is 3. The first-order valence-electron chi connectivity index (χ1n) is 18.7. The minimum atomic E-state index is -3.26. The molecule has 3 aromatic rings. The molecule has 0 radical (unpaired) electrons. The molecular formula is C45H69Cl3N6SiTi. The van der Waals surface area contributed by atoms with Gasteiger partial charge in [0.25, 0.3) is 0 Å². The Bertz CT molecular complexity index is 1800. The molecule has 0 aromatic heterocycles. The van der Waals surface area contributed by atoms with Gasteiger partial charge in [-0.3, -0.25) is 6.08 Å². The van der Waals surface area contributed by atoms with Gasteiger partial charge in [0.05, 0.1) is 34.1 Å². The Morgan fingerprint density at radius 3 is 0.875 bits per heavy atom. The van der Waals surface area contributed by atoms with E-state index < -0.39 is 13.1 Å². The predicted molar refractivity (Wildman–Crippen MR) is 238 cm³/mol. The van der Waals surface area contributed by atoms with Crippen LogP contribution in [-0.4, -0.2) is 92.6 Å². The fourth-order valence-corrected chi connectivity index (χ4v) is 17.4. The smallest absolute Gasteiger partial charge is 1.00 e. The molecule has 0 N–H and O–H groups in total. The molecule has 1 unspecified atom stereocenters. The van der Waals surface area contributed by atoms with E-state index in [1.807, 2.05) is 0 Å². The van der Waals surface area contributed by atoms with Crippen molar-refractivity contribution in [3.63, 3.8) is 0 Å². The van der Waals surface area contributed by atoms with Gasteiger partial charge < -0.3 is 66.6 Å². The molecule has 1 aliphatic rings. The number of aryl methyl sites for hydroxylation is 3. The number of allylic oxidation sites excluding steroid dienone is 4. The van der Waals surface area contributed by atoms with Crippen molar-refractivity contribution in [3.8, 4) is 0 Å². The van der Waals surface area contributed by atoms with Gasteiger partial charge in [0.15, 0.2) is 0 Å². The normalized spacial score (nSPS) is 14.9. The van der Waals surface area contributed by atoms with Crippen molar-refractivity contribution in [2.75, 3.05) is 114 Å². The van der Waals surface area contributed by atoms with Crippen LogP contribution in [0.5, 0.6) is 0 Å². The van der Waals surface area contributed by atoms with Crippen molar-refractivity contribution in [3.05, 3.63) is 74.4 Å². The summed E-state index contributed by atoms with van der Waals surface area (Å²) in [5.41, 5.74) is 19.8. The van der Waals surface area contributed by atoms with Gasteiger partial charge in [-0.2, -0.15) is 11.1 Å². The molecule has 0 spiro atoms. The maximum atomic E-state index is 4.32. The molecule has 1 aliphatic carbocycles. The zero-order valence-electron chi connectivity index (χ0n) is 38.5. The van der Waals surface area contributed by atoms with Crippen LogP contribution < -0.4 is 82.2 Å². The number of rotatable bonds is 10. The van der Waals surface area contributed by atoms with Gasteiger partial charge in [0, 0.05) is 84.6 Å². The van der Waals surface area contributed by atoms with Gasteiger partial charge in [-0.15, -0.1) is 6.92 Å². The van der Waals surface area contributed by atoms with Gasteiger partial charge in [-0.05, 0) is 109 Å². The Morgan fingerprint density at radius 2 is 0.696 bits per heavy atom. The molecular weight excluding hydrogens is 807 g/mol. The van der Waals surface area contributed by atoms with E-state index in [1.54, 1.807) is 0 Å². The zero-order chi connectivity index (χ0) is 39.7. The average Bonchev–Trinajstić information content (AvgIpc) is 3.21. The SMILES string of the molecule is CC1=[C-]C(C)([Si](c2c(C)cc(N(C)C)c(N(C)C)c2C)(c2c(C)cc(N(C)C)c(N(C)C)c2C)c2c(C)cc(N(C)C)c(N(C)C)c2C)C(C)=C1C.[Cl-].[Cl-].[Cl-].[Ti+4]. The first-order chi connectivity index (χ1) is 23.9. The Balaban J connectivity index is 0.00000756. The molecule has 0 saturated carbocycles. The number of hydrogen-bond donors (Lipinski definition) is 0. The zero-order valence-corrected chi connectivity index (χ0v) is 43.4. The molecule has 0 saturated heterocycles. The van der Waals surface area contributed by atoms with E-state index in [1.165, 1.54) is 99.8 Å². The van der Waals surface area contributed by atoms with Crippen LogP contribution in [-0.2, 0) is 21.7 Å². The standard InChI is InChI=1S/C45H69N6Si.3ClH.Ti/c1-27-23-36(46(11)12)39(49(17)18)32(6)42(27)52(45(10)26-30(4)31(5)35(45)9,43-28(2)24-37(47(13)14)40(33(43)7)50(19)20)44-29(3)25-38(48(15)16)41(34(44)8)51(21)22;;;;/h23-25H,1-22H3;3*1H;/q-1;;;;+4/p-3. The second-order valence-electron chi connectivity index (χ2n) is 16.9. The molecule has 0 bridgehead atoms. The van der Waals surface area contributed by atoms with Crippen molar-refractivity contribution in [1.82, 2.24) is 0 Å². The van der Waals surface area contributed by atoms with Crippen LogP contribution in [0.25, 0.3) is 0 Å². The fraction of sp³-hybridized carbons (Fsp3) is 0.511. The summed E-state index contributed by atoms with van der Waals surface area (Å²) in [4.78, 5) is 13.9. The topological polar surface area (TPSA) is 19.4 Å². The Hall–Kier alpha value is -2.26. The Labute approximate surface area is 376 Å². The Morgan fingerprint density at radius 1 is 0.446 bits per heavy atom. The predicted octanol–water partition coefficient (Wildman–Crippen LogP) is -1.73. The van der Waals surface area contributed by atoms with Gasteiger partial charge >= 0.3 is 21.7 Å². The maximum Gasteiger partial charge on any atom is 4.00 e. The maximum absolute atomic E-state index is 4.32. The third-order valence-corrected chi connectivity index (χ3v) is 18.7. The largest absolute Gasteiger partial charge is 4.00 e. The summed E-state index contributed by atoms with van der Waals surface area (Å²) >= 11 is 0. The summed E-state index contributed by atoms with van der Waals surface area (Å²) in [6, 6.07) is 7.41. The van der Waals surface area contributed by atoms with E-state index >= 15 is 0 Å². The summed E-state index contributed by atoms with van der Waals surface area (Å²) in [5, 5.41) is 4.10. The van der Waals surface area contributed by atoms with E-state index in [-0.39, 0.29) is 58.9 Å². The molecule has 11 heteroatoms. The summed E-state index contributed by atoms with van der Waals surface area (Å²) in [5.74, 6) is 0. The monoisotopic (exact) mass is 874 g/mol. The van der Waals surface area contributed by atoms with E-state index in [2.05, 4.69) is 207 Å². The van der Waals surface area contributed by atoms with E-state index in [4.69, 9.17) is 0 Å². The van der Waals surface area contributed by atoms with Gasteiger partial charge in [-0.25, -0.2) is 5.57 Å². The molecule has 4 rings (SSSR count). The van der Waals surface area contributed by atoms with Crippen molar-refractivity contribution < 1.29 is 58.9 Å². The third-order valence-electron chi connectivity index (χ3n) is 12.1. The molecule has 0 amide bonds. The van der Waals surface area contributed by atoms with Crippen LogP contribution in [0.3, 0.4) is 0 Å². The van der Waals surface area contributed by atoms with Gasteiger partial charge in [0.1, 0.15) is 8.07 Å². The van der Waals surface area contributed by atoms with Crippen LogP contribution in [0, 0.1) is 47.6 Å².